The molecule has 0 bridgehead atoms. The summed E-state index contributed by atoms with van der Waals surface area (Å²) in [6, 6.07) is 7.59. The number of nitrogens with zero attached hydrogens (tertiary/aromatic N) is 1. The molecule has 1 heterocycles. The number of hydrogen-bond donors (Lipinski definition) is 1. The summed E-state index contributed by atoms with van der Waals surface area (Å²) >= 11 is 0. The second kappa shape index (κ2) is 4.52. The number of rotatable bonds is 2. The Hall–Kier alpha value is -0.930. The molecular weight excluding hydrogens is 203 g/mol. The molecule has 88 valence electrons. The molecular formula is C13H19FN2. The van der Waals surface area contributed by atoms with E-state index in [4.69, 9.17) is 5.73 Å². The molecule has 2 atom stereocenters. The molecule has 1 aliphatic rings. The molecule has 0 amide bonds. The van der Waals surface area contributed by atoms with E-state index in [2.05, 4.69) is 18.7 Å². The Labute approximate surface area is 96.2 Å². The van der Waals surface area contributed by atoms with E-state index in [1.54, 1.807) is 0 Å². The molecule has 16 heavy (non-hydrogen) atoms. The Morgan fingerprint density at radius 1 is 1.31 bits per heavy atom. The molecule has 0 radical (unpaired) electrons. The van der Waals surface area contributed by atoms with Gasteiger partial charge in [0, 0.05) is 18.6 Å². The van der Waals surface area contributed by atoms with Gasteiger partial charge in [-0.05, 0) is 38.0 Å². The zero-order valence-corrected chi connectivity index (χ0v) is 9.86. The third-order valence-corrected chi connectivity index (χ3v) is 3.36. The smallest absolute Gasteiger partial charge is 0.123 e. The summed E-state index contributed by atoms with van der Waals surface area (Å²) in [5.74, 6) is -0.189. The Balaban J connectivity index is 2.26. The Bertz CT molecular complexity index is 347. The summed E-state index contributed by atoms with van der Waals surface area (Å²) in [7, 11) is 0. The lowest BCUT2D eigenvalue weighted by Gasteiger charge is -2.30. The van der Waals surface area contributed by atoms with E-state index in [1.807, 2.05) is 12.1 Å². The van der Waals surface area contributed by atoms with Crippen LogP contribution in [0.4, 0.5) is 4.39 Å². The van der Waals surface area contributed by atoms with Crippen molar-refractivity contribution in [3.8, 4) is 0 Å². The molecule has 1 fully saturated rings. The monoisotopic (exact) mass is 222 g/mol. The van der Waals surface area contributed by atoms with Crippen molar-refractivity contribution >= 4 is 0 Å². The van der Waals surface area contributed by atoms with Crippen molar-refractivity contribution in [2.24, 2.45) is 5.73 Å². The summed E-state index contributed by atoms with van der Waals surface area (Å²) in [5, 5.41) is 0. The van der Waals surface area contributed by atoms with Crippen LogP contribution in [-0.4, -0.2) is 23.5 Å². The van der Waals surface area contributed by atoms with Crippen molar-refractivity contribution in [2.45, 2.75) is 38.4 Å². The van der Waals surface area contributed by atoms with Crippen molar-refractivity contribution in [2.75, 3.05) is 6.54 Å². The van der Waals surface area contributed by atoms with Gasteiger partial charge in [-0.2, -0.15) is 0 Å². The Kier molecular flexibility index (Phi) is 3.26. The van der Waals surface area contributed by atoms with Crippen molar-refractivity contribution in [3.63, 3.8) is 0 Å². The lowest BCUT2D eigenvalue weighted by molar-refractivity contribution is 0.198. The van der Waals surface area contributed by atoms with Crippen molar-refractivity contribution in [1.82, 2.24) is 4.90 Å². The third-order valence-electron chi connectivity index (χ3n) is 3.36. The summed E-state index contributed by atoms with van der Waals surface area (Å²) in [4.78, 5) is 2.39. The van der Waals surface area contributed by atoms with Gasteiger partial charge in [-0.15, -0.1) is 0 Å². The maximum atomic E-state index is 12.9. The van der Waals surface area contributed by atoms with E-state index in [1.165, 1.54) is 12.1 Å². The number of nitrogens with two attached hydrogens (primary N) is 1. The first-order valence-corrected chi connectivity index (χ1v) is 5.86. The van der Waals surface area contributed by atoms with Crippen LogP contribution in [0.3, 0.4) is 0 Å². The van der Waals surface area contributed by atoms with Crippen LogP contribution in [0.2, 0.25) is 0 Å². The van der Waals surface area contributed by atoms with Crippen LogP contribution in [0.5, 0.6) is 0 Å². The van der Waals surface area contributed by atoms with Gasteiger partial charge in [-0.25, -0.2) is 4.39 Å². The average molecular weight is 222 g/mol. The minimum absolute atomic E-state index is 0.160. The second-order valence-electron chi connectivity index (χ2n) is 4.78. The fourth-order valence-corrected chi connectivity index (χ4v) is 2.52. The quantitative estimate of drug-likeness (QED) is 0.832. The Morgan fingerprint density at radius 3 is 2.50 bits per heavy atom. The molecule has 3 heteroatoms. The van der Waals surface area contributed by atoms with Crippen LogP contribution in [0, 0.1) is 5.82 Å². The predicted molar refractivity (Wildman–Crippen MR) is 63.6 cm³/mol. The normalized spacial score (nSPS) is 26.6. The molecule has 0 unspecified atom stereocenters. The molecule has 0 aromatic heterocycles. The number of halogens is 1. The van der Waals surface area contributed by atoms with E-state index in [9.17, 15) is 4.39 Å². The van der Waals surface area contributed by atoms with Gasteiger partial charge in [0.1, 0.15) is 5.82 Å². The highest BCUT2D eigenvalue weighted by molar-refractivity contribution is 5.23. The molecule has 0 saturated carbocycles. The topological polar surface area (TPSA) is 29.3 Å². The first-order valence-electron chi connectivity index (χ1n) is 5.86. The number of likely N-dealkylation sites (tertiary alicyclic amines) is 1. The van der Waals surface area contributed by atoms with Gasteiger partial charge in [0.05, 0.1) is 6.04 Å². The lowest BCUT2D eigenvalue weighted by Crippen LogP contribution is -2.35. The zero-order chi connectivity index (χ0) is 11.7. The highest BCUT2D eigenvalue weighted by Gasteiger charge is 2.34. The minimum atomic E-state index is -0.189. The Morgan fingerprint density at radius 2 is 1.94 bits per heavy atom. The number of benzene rings is 1. The van der Waals surface area contributed by atoms with Gasteiger partial charge in [-0.3, -0.25) is 4.90 Å². The molecule has 1 saturated heterocycles. The van der Waals surface area contributed by atoms with Crippen LogP contribution >= 0.6 is 0 Å². The predicted octanol–water partition coefficient (Wildman–Crippen LogP) is 2.31. The first kappa shape index (κ1) is 11.6. The standard InChI is InChI=1S/C13H19FN2/c1-9(2)16-8-7-12(15)13(16)10-3-5-11(14)6-4-10/h3-6,9,12-13H,7-8,15H2,1-2H3/t12-,13+/m0/s1. The van der Waals surface area contributed by atoms with Gasteiger partial charge >= 0.3 is 0 Å². The maximum Gasteiger partial charge on any atom is 0.123 e. The van der Waals surface area contributed by atoms with Crippen LogP contribution in [0.1, 0.15) is 31.9 Å². The van der Waals surface area contributed by atoms with E-state index >= 15 is 0 Å². The van der Waals surface area contributed by atoms with Crippen molar-refractivity contribution < 1.29 is 4.39 Å². The second-order valence-corrected chi connectivity index (χ2v) is 4.78. The molecule has 1 aliphatic heterocycles. The summed E-state index contributed by atoms with van der Waals surface area (Å²) in [6.07, 6.45) is 1.01. The summed E-state index contributed by atoms with van der Waals surface area (Å²) in [6.45, 7) is 5.38. The zero-order valence-electron chi connectivity index (χ0n) is 9.86. The SMILES string of the molecule is CC(C)N1CC[C@H](N)[C@H]1c1ccc(F)cc1. The maximum absolute atomic E-state index is 12.9. The molecule has 2 nitrogen and oxygen atoms in total. The van der Waals surface area contributed by atoms with Gasteiger partial charge < -0.3 is 5.73 Å². The first-order chi connectivity index (χ1) is 7.59. The molecule has 2 rings (SSSR count). The molecule has 0 spiro atoms. The van der Waals surface area contributed by atoms with Gasteiger partial charge in [0.15, 0.2) is 0 Å². The number of hydrogen-bond acceptors (Lipinski definition) is 2. The van der Waals surface area contributed by atoms with E-state index < -0.39 is 0 Å². The molecule has 1 aromatic carbocycles. The highest BCUT2D eigenvalue weighted by Crippen LogP contribution is 2.32. The molecule has 2 N–H and O–H groups in total. The van der Waals surface area contributed by atoms with Gasteiger partial charge in [0.25, 0.3) is 0 Å². The lowest BCUT2D eigenvalue weighted by atomic mass is 10.00. The van der Waals surface area contributed by atoms with E-state index in [0.717, 1.165) is 18.5 Å². The van der Waals surface area contributed by atoms with E-state index in [0.29, 0.717) is 6.04 Å². The molecule has 1 aromatic rings. The fraction of sp³-hybridized carbons (Fsp3) is 0.538. The van der Waals surface area contributed by atoms with Crippen LogP contribution in [0.25, 0.3) is 0 Å². The summed E-state index contributed by atoms with van der Waals surface area (Å²) in [5.41, 5.74) is 7.27. The average Bonchev–Trinajstić information content (AvgIpc) is 2.62. The van der Waals surface area contributed by atoms with Crippen molar-refractivity contribution in [3.05, 3.63) is 35.6 Å². The third kappa shape index (κ3) is 2.11. The van der Waals surface area contributed by atoms with Gasteiger partial charge in [-0.1, -0.05) is 12.1 Å². The van der Waals surface area contributed by atoms with E-state index in [-0.39, 0.29) is 17.9 Å². The van der Waals surface area contributed by atoms with Crippen LogP contribution < -0.4 is 5.73 Å². The summed E-state index contributed by atoms with van der Waals surface area (Å²) < 4.78 is 12.9. The molecule has 0 aliphatic carbocycles. The fourth-order valence-electron chi connectivity index (χ4n) is 2.52. The largest absolute Gasteiger partial charge is 0.326 e. The van der Waals surface area contributed by atoms with Crippen molar-refractivity contribution in [1.29, 1.82) is 0 Å². The highest BCUT2D eigenvalue weighted by atomic mass is 19.1. The van der Waals surface area contributed by atoms with Gasteiger partial charge in [0.2, 0.25) is 0 Å². The minimum Gasteiger partial charge on any atom is -0.326 e. The van der Waals surface area contributed by atoms with Crippen LogP contribution in [0.15, 0.2) is 24.3 Å². The van der Waals surface area contributed by atoms with Crippen LogP contribution in [-0.2, 0) is 0 Å².